The Morgan fingerprint density at radius 2 is 1.85 bits per heavy atom. The Bertz CT molecular complexity index is 262. The first-order valence-electron chi connectivity index (χ1n) is 8.37. The van der Waals surface area contributed by atoms with Gasteiger partial charge in [0.25, 0.3) is 0 Å². The Morgan fingerprint density at radius 1 is 1.15 bits per heavy atom. The summed E-state index contributed by atoms with van der Waals surface area (Å²) < 4.78 is 5.65. The molecule has 0 aliphatic carbocycles. The lowest BCUT2D eigenvalue weighted by Gasteiger charge is -2.39. The minimum Gasteiger partial charge on any atom is -0.377 e. The minimum absolute atomic E-state index is 0.0921. The molecule has 0 radical (unpaired) electrons. The van der Waals surface area contributed by atoms with Crippen molar-refractivity contribution in [3.8, 4) is 0 Å². The SMILES string of the molecule is COC1(C)CCCN(CCCCCCNC(C)(C)C)C1. The smallest absolute Gasteiger partial charge is 0.0777 e. The lowest BCUT2D eigenvalue weighted by molar-refractivity contribution is -0.0508. The van der Waals surface area contributed by atoms with Crippen LogP contribution in [0, 0.1) is 0 Å². The average Bonchev–Trinajstić information content (AvgIpc) is 2.36. The number of rotatable bonds is 8. The zero-order valence-corrected chi connectivity index (χ0v) is 14.4. The Labute approximate surface area is 126 Å². The highest BCUT2D eigenvalue weighted by atomic mass is 16.5. The van der Waals surface area contributed by atoms with Crippen molar-refractivity contribution < 1.29 is 4.74 Å². The maximum Gasteiger partial charge on any atom is 0.0777 e. The summed E-state index contributed by atoms with van der Waals surface area (Å²) in [5.74, 6) is 0. The molecule has 1 heterocycles. The summed E-state index contributed by atoms with van der Waals surface area (Å²) >= 11 is 0. The van der Waals surface area contributed by atoms with E-state index in [0.29, 0.717) is 0 Å². The lowest BCUT2D eigenvalue weighted by atomic mass is 9.94. The fourth-order valence-corrected chi connectivity index (χ4v) is 2.94. The molecule has 0 aromatic rings. The maximum atomic E-state index is 5.65. The van der Waals surface area contributed by atoms with E-state index in [1.54, 1.807) is 0 Å². The van der Waals surface area contributed by atoms with Crippen LogP contribution in [-0.2, 0) is 4.74 Å². The van der Waals surface area contributed by atoms with Gasteiger partial charge >= 0.3 is 0 Å². The quantitative estimate of drug-likeness (QED) is 0.691. The molecule has 0 spiro atoms. The predicted molar refractivity (Wildman–Crippen MR) is 87.3 cm³/mol. The standard InChI is InChI=1S/C17H36N2O/c1-16(2,3)18-12-8-6-7-9-13-19-14-10-11-17(4,15-19)20-5/h18H,6-15H2,1-5H3. The van der Waals surface area contributed by atoms with Gasteiger partial charge in [-0.05, 0) is 73.0 Å². The Hall–Kier alpha value is -0.120. The van der Waals surface area contributed by atoms with E-state index in [4.69, 9.17) is 4.74 Å². The van der Waals surface area contributed by atoms with E-state index >= 15 is 0 Å². The predicted octanol–water partition coefficient (Wildman–Crippen LogP) is 3.44. The van der Waals surface area contributed by atoms with Crippen LogP contribution < -0.4 is 5.32 Å². The fraction of sp³-hybridized carbons (Fsp3) is 1.00. The van der Waals surface area contributed by atoms with Gasteiger partial charge in [-0.2, -0.15) is 0 Å². The molecule has 1 saturated heterocycles. The fourth-order valence-electron chi connectivity index (χ4n) is 2.94. The van der Waals surface area contributed by atoms with Gasteiger partial charge in [0.15, 0.2) is 0 Å². The highest BCUT2D eigenvalue weighted by molar-refractivity contribution is 4.84. The summed E-state index contributed by atoms with van der Waals surface area (Å²) in [4.78, 5) is 2.58. The van der Waals surface area contributed by atoms with Crippen molar-refractivity contribution in [2.75, 3.05) is 33.3 Å². The number of nitrogens with zero attached hydrogens (tertiary/aromatic N) is 1. The van der Waals surface area contributed by atoms with E-state index in [9.17, 15) is 0 Å². The molecule has 1 N–H and O–H groups in total. The van der Waals surface area contributed by atoms with Gasteiger partial charge in [0.05, 0.1) is 5.60 Å². The lowest BCUT2D eigenvalue weighted by Crippen LogP contribution is -2.47. The molecule has 0 aromatic heterocycles. The number of hydrogen-bond acceptors (Lipinski definition) is 3. The van der Waals surface area contributed by atoms with Gasteiger partial charge in [-0.1, -0.05) is 12.8 Å². The topological polar surface area (TPSA) is 24.5 Å². The number of piperidine rings is 1. The molecule has 0 amide bonds. The first-order chi connectivity index (χ1) is 9.35. The second-order valence-corrected chi connectivity index (χ2v) is 7.62. The Balaban J connectivity index is 2.01. The molecule has 1 aliphatic rings. The van der Waals surface area contributed by atoms with Crippen molar-refractivity contribution in [1.82, 2.24) is 10.2 Å². The molecule has 1 fully saturated rings. The zero-order valence-electron chi connectivity index (χ0n) is 14.4. The molecule has 0 aromatic carbocycles. The molecule has 3 heteroatoms. The summed E-state index contributed by atoms with van der Waals surface area (Å²) in [6.07, 6.45) is 7.81. The van der Waals surface area contributed by atoms with E-state index < -0.39 is 0 Å². The van der Waals surface area contributed by atoms with Crippen LogP contribution in [0.5, 0.6) is 0 Å². The molecule has 3 nitrogen and oxygen atoms in total. The van der Waals surface area contributed by atoms with Gasteiger partial charge in [0.1, 0.15) is 0 Å². The van der Waals surface area contributed by atoms with Crippen molar-refractivity contribution in [2.45, 2.75) is 77.4 Å². The second kappa shape index (κ2) is 8.35. The Morgan fingerprint density at radius 3 is 2.50 bits per heavy atom. The van der Waals surface area contributed by atoms with Crippen molar-refractivity contribution in [3.63, 3.8) is 0 Å². The highest BCUT2D eigenvalue weighted by Crippen LogP contribution is 2.24. The minimum atomic E-state index is 0.0921. The third kappa shape index (κ3) is 7.61. The van der Waals surface area contributed by atoms with Crippen LogP contribution in [0.3, 0.4) is 0 Å². The van der Waals surface area contributed by atoms with Gasteiger partial charge in [0, 0.05) is 19.2 Å². The van der Waals surface area contributed by atoms with Crippen LogP contribution in [0.15, 0.2) is 0 Å². The number of likely N-dealkylation sites (tertiary alicyclic amines) is 1. The largest absolute Gasteiger partial charge is 0.377 e. The first-order valence-corrected chi connectivity index (χ1v) is 8.37. The molecule has 1 atom stereocenters. The molecule has 0 saturated carbocycles. The van der Waals surface area contributed by atoms with E-state index in [2.05, 4.69) is 37.9 Å². The highest BCUT2D eigenvalue weighted by Gasteiger charge is 2.30. The maximum absolute atomic E-state index is 5.65. The number of hydrogen-bond donors (Lipinski definition) is 1. The zero-order chi connectivity index (χ0) is 15.1. The molecular formula is C17H36N2O. The van der Waals surface area contributed by atoms with E-state index in [-0.39, 0.29) is 11.1 Å². The van der Waals surface area contributed by atoms with Crippen molar-refractivity contribution in [1.29, 1.82) is 0 Å². The van der Waals surface area contributed by atoms with Crippen LogP contribution in [0.4, 0.5) is 0 Å². The van der Waals surface area contributed by atoms with Crippen molar-refractivity contribution in [3.05, 3.63) is 0 Å². The van der Waals surface area contributed by atoms with Crippen molar-refractivity contribution in [2.24, 2.45) is 0 Å². The Kier molecular flexibility index (Phi) is 7.49. The third-order valence-electron chi connectivity index (χ3n) is 4.29. The van der Waals surface area contributed by atoms with Crippen LogP contribution in [0.2, 0.25) is 0 Å². The first kappa shape index (κ1) is 17.9. The van der Waals surface area contributed by atoms with E-state index in [1.807, 2.05) is 7.11 Å². The monoisotopic (exact) mass is 284 g/mol. The van der Waals surface area contributed by atoms with Gasteiger partial charge in [-0.25, -0.2) is 0 Å². The average molecular weight is 284 g/mol. The van der Waals surface area contributed by atoms with E-state index in [1.165, 1.54) is 51.6 Å². The molecule has 1 unspecified atom stereocenters. The molecule has 1 rings (SSSR count). The van der Waals surface area contributed by atoms with Crippen LogP contribution in [-0.4, -0.2) is 49.3 Å². The van der Waals surface area contributed by atoms with E-state index in [0.717, 1.165) is 13.1 Å². The molecule has 1 aliphatic heterocycles. The van der Waals surface area contributed by atoms with Gasteiger partial charge in [0.2, 0.25) is 0 Å². The summed E-state index contributed by atoms with van der Waals surface area (Å²) in [6.45, 7) is 13.7. The summed E-state index contributed by atoms with van der Waals surface area (Å²) in [6, 6.07) is 0. The van der Waals surface area contributed by atoms with Crippen molar-refractivity contribution >= 4 is 0 Å². The summed E-state index contributed by atoms with van der Waals surface area (Å²) in [5.41, 5.74) is 0.354. The molecule has 20 heavy (non-hydrogen) atoms. The number of unbranched alkanes of at least 4 members (excludes halogenated alkanes) is 3. The normalized spacial score (nSPS) is 25.1. The molecule has 0 bridgehead atoms. The van der Waals surface area contributed by atoms with Gasteiger partial charge in [-0.3, -0.25) is 0 Å². The van der Waals surface area contributed by atoms with Crippen LogP contribution in [0.1, 0.15) is 66.2 Å². The number of methoxy groups -OCH3 is 1. The number of ether oxygens (including phenoxy) is 1. The molecular weight excluding hydrogens is 248 g/mol. The third-order valence-corrected chi connectivity index (χ3v) is 4.29. The number of nitrogens with one attached hydrogen (secondary N) is 1. The van der Waals surface area contributed by atoms with Crippen LogP contribution in [0.25, 0.3) is 0 Å². The summed E-state index contributed by atoms with van der Waals surface area (Å²) in [7, 11) is 1.85. The molecule has 120 valence electrons. The summed E-state index contributed by atoms with van der Waals surface area (Å²) in [5, 5.41) is 3.55. The van der Waals surface area contributed by atoms with Gasteiger partial charge in [-0.15, -0.1) is 0 Å². The second-order valence-electron chi connectivity index (χ2n) is 7.62. The van der Waals surface area contributed by atoms with Gasteiger partial charge < -0.3 is 15.0 Å². The van der Waals surface area contributed by atoms with Crippen LogP contribution >= 0.6 is 0 Å².